The Labute approximate surface area is 87.1 Å². The number of hydrogen-bond donors (Lipinski definition) is 0. The van der Waals surface area contributed by atoms with E-state index in [0.29, 0.717) is 11.1 Å². The van der Waals surface area contributed by atoms with Gasteiger partial charge in [-0.3, -0.25) is 0 Å². The van der Waals surface area contributed by atoms with Crippen LogP contribution in [0.4, 0.5) is 13.2 Å². The Balaban J connectivity index is 2.48. The van der Waals surface area contributed by atoms with Crippen molar-refractivity contribution in [2.75, 3.05) is 0 Å². The number of hydrogen-bond acceptors (Lipinski definition) is 0. The lowest BCUT2D eigenvalue weighted by Crippen LogP contribution is -2.17. The zero-order valence-corrected chi connectivity index (χ0v) is 8.56. The van der Waals surface area contributed by atoms with Gasteiger partial charge in [0.1, 0.15) is 0 Å². The third kappa shape index (κ3) is 1.87. The van der Waals surface area contributed by atoms with Crippen molar-refractivity contribution in [3.63, 3.8) is 0 Å². The number of benzene rings is 1. The molecule has 1 saturated carbocycles. The molecule has 3 heteroatoms. The van der Waals surface area contributed by atoms with Crippen LogP contribution in [-0.2, 0) is 6.18 Å². The van der Waals surface area contributed by atoms with Gasteiger partial charge in [0.05, 0.1) is 5.56 Å². The Bertz CT molecular complexity index is 362. The molecule has 0 aromatic heterocycles. The van der Waals surface area contributed by atoms with Crippen LogP contribution in [-0.4, -0.2) is 0 Å². The predicted octanol–water partition coefficient (Wildman–Crippen LogP) is 4.28. The molecule has 1 aromatic rings. The molecule has 2 rings (SSSR count). The topological polar surface area (TPSA) is 0 Å². The largest absolute Gasteiger partial charge is 0.416 e. The van der Waals surface area contributed by atoms with E-state index in [0.717, 1.165) is 19.3 Å². The first kappa shape index (κ1) is 10.5. The molecular formula is C12H13F3. The lowest BCUT2D eigenvalue weighted by molar-refractivity contribution is -0.139. The van der Waals surface area contributed by atoms with Crippen LogP contribution in [0.15, 0.2) is 18.2 Å². The summed E-state index contributed by atoms with van der Waals surface area (Å²) in [5, 5.41) is 0. The fraction of sp³-hybridized carbons (Fsp3) is 0.500. The van der Waals surface area contributed by atoms with Gasteiger partial charge in [0, 0.05) is 0 Å². The van der Waals surface area contributed by atoms with Crippen LogP contribution in [0.5, 0.6) is 0 Å². The van der Waals surface area contributed by atoms with Crippen LogP contribution in [0.2, 0.25) is 0 Å². The van der Waals surface area contributed by atoms with Gasteiger partial charge >= 0.3 is 6.18 Å². The van der Waals surface area contributed by atoms with Gasteiger partial charge in [-0.2, -0.15) is 13.2 Å². The van der Waals surface area contributed by atoms with Crippen LogP contribution in [0.1, 0.15) is 41.9 Å². The maximum Gasteiger partial charge on any atom is 0.416 e. The van der Waals surface area contributed by atoms with E-state index < -0.39 is 11.7 Å². The van der Waals surface area contributed by atoms with E-state index in [1.807, 2.05) is 0 Å². The van der Waals surface area contributed by atoms with Crippen molar-refractivity contribution in [1.29, 1.82) is 0 Å². The fourth-order valence-electron chi connectivity index (χ4n) is 2.14. The van der Waals surface area contributed by atoms with E-state index >= 15 is 0 Å². The minimum Gasteiger partial charge on any atom is -0.166 e. The second-order valence-electron chi connectivity index (χ2n) is 4.16. The second-order valence-corrected chi connectivity index (χ2v) is 4.16. The molecule has 0 heterocycles. The van der Waals surface area contributed by atoms with E-state index in [-0.39, 0.29) is 5.92 Å². The molecule has 0 nitrogen and oxygen atoms in total. The van der Waals surface area contributed by atoms with Crippen molar-refractivity contribution in [3.8, 4) is 0 Å². The Hall–Kier alpha value is -0.990. The first-order valence-corrected chi connectivity index (χ1v) is 5.17. The van der Waals surface area contributed by atoms with Crippen molar-refractivity contribution in [1.82, 2.24) is 0 Å². The third-order valence-corrected chi connectivity index (χ3v) is 3.13. The van der Waals surface area contributed by atoms with Crippen molar-refractivity contribution in [2.45, 2.75) is 38.3 Å². The minimum atomic E-state index is -4.21. The van der Waals surface area contributed by atoms with E-state index in [1.54, 1.807) is 12.1 Å². The quantitative estimate of drug-likeness (QED) is 0.654. The first-order valence-electron chi connectivity index (χ1n) is 5.17. The highest BCUT2D eigenvalue weighted by Crippen LogP contribution is 2.44. The third-order valence-electron chi connectivity index (χ3n) is 3.13. The monoisotopic (exact) mass is 214 g/mol. The zero-order valence-electron chi connectivity index (χ0n) is 8.56. The lowest BCUT2D eigenvalue weighted by Gasteiger charge is -2.29. The van der Waals surface area contributed by atoms with E-state index in [1.165, 1.54) is 13.0 Å². The smallest absolute Gasteiger partial charge is 0.166 e. The van der Waals surface area contributed by atoms with Crippen LogP contribution >= 0.6 is 0 Å². The fourth-order valence-corrected chi connectivity index (χ4v) is 2.14. The molecule has 1 fully saturated rings. The predicted molar refractivity (Wildman–Crippen MR) is 52.8 cm³/mol. The number of halogens is 3. The van der Waals surface area contributed by atoms with Gasteiger partial charge in [-0.05, 0) is 36.8 Å². The molecule has 0 saturated heterocycles. The van der Waals surface area contributed by atoms with Gasteiger partial charge in [-0.25, -0.2) is 0 Å². The summed E-state index contributed by atoms with van der Waals surface area (Å²) in [6.07, 6.45) is -1.37. The molecule has 1 aliphatic carbocycles. The molecule has 0 radical (unpaired) electrons. The Morgan fingerprint density at radius 1 is 1.20 bits per heavy atom. The van der Waals surface area contributed by atoms with Crippen molar-refractivity contribution < 1.29 is 13.2 Å². The van der Waals surface area contributed by atoms with Crippen LogP contribution in [0, 0.1) is 6.92 Å². The maximum absolute atomic E-state index is 12.8. The summed E-state index contributed by atoms with van der Waals surface area (Å²) < 4.78 is 38.5. The summed E-state index contributed by atoms with van der Waals surface area (Å²) in [5.74, 6) is 0.126. The SMILES string of the molecule is Cc1cccc(C2CCC2)c1C(F)(F)F. The van der Waals surface area contributed by atoms with Gasteiger partial charge in [0.25, 0.3) is 0 Å². The average Bonchev–Trinajstić information content (AvgIpc) is 1.97. The summed E-state index contributed by atoms with van der Waals surface area (Å²) in [7, 11) is 0. The molecule has 0 spiro atoms. The molecular weight excluding hydrogens is 201 g/mol. The van der Waals surface area contributed by atoms with Gasteiger partial charge in [-0.1, -0.05) is 24.6 Å². The molecule has 0 atom stereocenters. The molecule has 0 N–H and O–H groups in total. The summed E-state index contributed by atoms with van der Waals surface area (Å²) in [6, 6.07) is 4.88. The van der Waals surface area contributed by atoms with E-state index in [4.69, 9.17) is 0 Å². The first-order chi connectivity index (χ1) is 7.00. The van der Waals surface area contributed by atoms with Crippen LogP contribution in [0.25, 0.3) is 0 Å². The highest BCUT2D eigenvalue weighted by Gasteiger charge is 2.37. The summed E-state index contributed by atoms with van der Waals surface area (Å²) in [6.45, 7) is 1.53. The average molecular weight is 214 g/mol. The van der Waals surface area contributed by atoms with Gasteiger partial charge in [-0.15, -0.1) is 0 Å². The maximum atomic E-state index is 12.8. The Morgan fingerprint density at radius 2 is 1.87 bits per heavy atom. The number of rotatable bonds is 1. The molecule has 0 unspecified atom stereocenters. The van der Waals surface area contributed by atoms with Crippen LogP contribution < -0.4 is 0 Å². The molecule has 0 amide bonds. The van der Waals surface area contributed by atoms with Crippen molar-refractivity contribution in [2.24, 2.45) is 0 Å². The van der Waals surface area contributed by atoms with Gasteiger partial charge in [0.2, 0.25) is 0 Å². The lowest BCUT2D eigenvalue weighted by atomic mass is 9.77. The molecule has 0 aliphatic heterocycles. The second kappa shape index (κ2) is 3.54. The summed E-state index contributed by atoms with van der Waals surface area (Å²) in [5.41, 5.74) is 0.426. The number of alkyl halides is 3. The molecule has 1 aromatic carbocycles. The Kier molecular flexibility index (Phi) is 2.49. The molecule has 1 aliphatic rings. The van der Waals surface area contributed by atoms with Crippen molar-refractivity contribution in [3.05, 3.63) is 34.9 Å². The Morgan fingerprint density at radius 3 is 2.33 bits per heavy atom. The molecule has 82 valence electrons. The van der Waals surface area contributed by atoms with E-state index in [2.05, 4.69) is 0 Å². The molecule has 0 bridgehead atoms. The highest BCUT2D eigenvalue weighted by molar-refractivity contribution is 5.39. The van der Waals surface area contributed by atoms with Crippen LogP contribution in [0.3, 0.4) is 0 Å². The summed E-state index contributed by atoms with van der Waals surface area (Å²) in [4.78, 5) is 0. The highest BCUT2D eigenvalue weighted by atomic mass is 19.4. The minimum absolute atomic E-state index is 0.126. The summed E-state index contributed by atoms with van der Waals surface area (Å²) >= 11 is 0. The normalized spacial score (nSPS) is 17.6. The van der Waals surface area contributed by atoms with Gasteiger partial charge < -0.3 is 0 Å². The standard InChI is InChI=1S/C12H13F3/c1-8-4-2-7-10(9-5-3-6-9)11(8)12(13,14)15/h2,4,7,9H,3,5-6H2,1H3. The number of aryl methyl sites for hydroxylation is 1. The zero-order chi connectivity index (χ0) is 11.1. The molecule has 15 heavy (non-hydrogen) atoms. The van der Waals surface area contributed by atoms with Gasteiger partial charge in [0.15, 0.2) is 0 Å². The van der Waals surface area contributed by atoms with Crippen molar-refractivity contribution >= 4 is 0 Å². The van der Waals surface area contributed by atoms with E-state index in [9.17, 15) is 13.2 Å².